The zero-order valence-electron chi connectivity index (χ0n) is 22.7. The Balaban J connectivity index is 1.50. The third-order valence-electron chi connectivity index (χ3n) is 10.0. The number of carbonyl (C=O) groups excluding carboxylic acids is 3. The van der Waals surface area contributed by atoms with Crippen LogP contribution in [0.4, 0.5) is 0 Å². The Morgan fingerprint density at radius 3 is 2.74 bits per heavy atom. The van der Waals surface area contributed by atoms with Crippen molar-refractivity contribution in [2.75, 3.05) is 13.7 Å². The van der Waals surface area contributed by atoms with Gasteiger partial charge < -0.3 is 23.7 Å². The van der Waals surface area contributed by atoms with E-state index in [0.717, 1.165) is 18.4 Å². The lowest BCUT2D eigenvalue weighted by molar-refractivity contribution is -0.224. The fraction of sp³-hybridized carbons (Fsp3) is 0.815. The van der Waals surface area contributed by atoms with Crippen molar-refractivity contribution in [3.63, 3.8) is 0 Å². The Bertz CT molecular complexity index is 1060. The van der Waals surface area contributed by atoms with E-state index in [9.17, 15) is 15.8 Å². The highest BCUT2D eigenvalue weighted by Crippen LogP contribution is 2.79. The first-order valence-corrected chi connectivity index (χ1v) is 12.8. The molecule has 11 atom stereocenters. The largest absolute Gasteiger partial charge is 0.469 e. The monoisotopic (exact) mass is 490 g/mol. The molecule has 0 radical (unpaired) electrons. The molecule has 0 aromatic heterocycles. The molecule has 192 valence electrons. The molecular weight excluding hydrogens is 452 g/mol. The van der Waals surface area contributed by atoms with Gasteiger partial charge in [0.1, 0.15) is 11.2 Å². The van der Waals surface area contributed by atoms with Gasteiger partial charge in [-0.2, -0.15) is 0 Å². The maximum Gasteiger partial charge on any atom is 0.315 e. The molecule has 6 rings (SSSR count). The van der Waals surface area contributed by atoms with Crippen molar-refractivity contribution in [1.82, 2.24) is 0 Å². The van der Waals surface area contributed by atoms with Crippen molar-refractivity contribution in [2.24, 2.45) is 28.6 Å². The molecule has 0 aromatic carbocycles. The lowest BCUT2D eigenvalue weighted by Crippen LogP contribution is -2.55. The van der Waals surface area contributed by atoms with Gasteiger partial charge >= 0.3 is 17.9 Å². The van der Waals surface area contributed by atoms with Crippen LogP contribution in [-0.4, -0.2) is 55.2 Å². The van der Waals surface area contributed by atoms with Crippen LogP contribution in [0.2, 0.25) is 0 Å². The summed E-state index contributed by atoms with van der Waals surface area (Å²) in [5, 5.41) is 0. The summed E-state index contributed by atoms with van der Waals surface area (Å²) < 4.78 is 48.1. The molecular formula is C27H36O8. The number of methoxy groups -OCH3 is 1. The first-order valence-electron chi connectivity index (χ1n) is 13.9. The van der Waals surface area contributed by atoms with Crippen molar-refractivity contribution >= 4 is 17.9 Å². The molecule has 4 aliphatic carbocycles. The molecule has 6 fully saturated rings. The molecule has 35 heavy (non-hydrogen) atoms. The van der Waals surface area contributed by atoms with Crippen molar-refractivity contribution in [2.45, 2.75) is 95.2 Å². The summed E-state index contributed by atoms with van der Waals surface area (Å²) in [6, 6.07) is 0. The van der Waals surface area contributed by atoms with E-state index in [1.165, 1.54) is 14.0 Å². The first-order chi connectivity index (χ1) is 17.5. The standard InChI is InChI=1S/C27H36O8/c1-15-13-25-14-26(15,34-16(2)28)10-8-17(25)27-11-9-18(33-19-7-5-6-12-32-19)24(3,23(30)35-27)21(27)20(25)22(29)31-4/h17-21H,1,5-14H2,2-4H3/t17-,18+,19?,20-,21-,24+,25+,26+,27-/m1/s1/i9D,11D/t9?,11?,17-,18+,19?,20-,21-,24+,25+,26+,27-. The molecule has 8 heteroatoms. The van der Waals surface area contributed by atoms with Gasteiger partial charge in [-0.3, -0.25) is 14.4 Å². The van der Waals surface area contributed by atoms with Crippen LogP contribution >= 0.6 is 0 Å². The summed E-state index contributed by atoms with van der Waals surface area (Å²) in [5.41, 5.74) is -3.60. The van der Waals surface area contributed by atoms with Crippen molar-refractivity contribution < 1.29 is 40.8 Å². The SMILES string of the molecule is [2H]C1C([2H])[C@]23OC(=O)[C@](C)([C@H]2[C@H](C(=O)OC)[C@]24CC(=C)[C@](OC(C)=O)(CC[C@H]23)C4)[C@H]1OC1CCCCO1. The summed E-state index contributed by atoms with van der Waals surface area (Å²) in [4.78, 5) is 39.6. The molecule has 2 saturated heterocycles. The Labute approximate surface area is 208 Å². The maximum absolute atomic E-state index is 13.8. The molecule has 0 amide bonds. The van der Waals surface area contributed by atoms with Crippen LogP contribution in [0.3, 0.4) is 0 Å². The smallest absolute Gasteiger partial charge is 0.315 e. The summed E-state index contributed by atoms with van der Waals surface area (Å²) in [7, 11) is 1.33. The Morgan fingerprint density at radius 2 is 2.06 bits per heavy atom. The van der Waals surface area contributed by atoms with E-state index in [0.29, 0.717) is 38.7 Å². The zero-order valence-corrected chi connectivity index (χ0v) is 20.7. The Kier molecular flexibility index (Phi) is 4.56. The predicted octanol–water partition coefficient (Wildman–Crippen LogP) is 3.46. The first kappa shape index (κ1) is 21.2. The predicted molar refractivity (Wildman–Crippen MR) is 122 cm³/mol. The maximum atomic E-state index is 13.8. The molecule has 0 N–H and O–H groups in total. The van der Waals surface area contributed by atoms with Crippen LogP contribution in [-0.2, 0) is 38.1 Å². The summed E-state index contributed by atoms with van der Waals surface area (Å²) in [6.45, 7) is 7.91. The summed E-state index contributed by atoms with van der Waals surface area (Å²) >= 11 is 0. The molecule has 0 aromatic rings. The second kappa shape index (κ2) is 7.54. The molecule has 6 aliphatic rings. The van der Waals surface area contributed by atoms with E-state index in [1.54, 1.807) is 6.92 Å². The number of rotatable bonds is 4. The van der Waals surface area contributed by atoms with Gasteiger partial charge in [-0.05, 0) is 75.7 Å². The second-order valence-corrected chi connectivity index (χ2v) is 11.6. The molecule has 2 heterocycles. The summed E-state index contributed by atoms with van der Waals surface area (Å²) in [6.07, 6.45) is 0.455. The number of hydrogen-bond donors (Lipinski definition) is 0. The zero-order chi connectivity index (χ0) is 26.5. The normalized spacial score (nSPS) is 54.8. The van der Waals surface area contributed by atoms with Gasteiger partial charge in [-0.1, -0.05) is 6.58 Å². The van der Waals surface area contributed by atoms with Gasteiger partial charge in [0.15, 0.2) is 6.29 Å². The highest BCUT2D eigenvalue weighted by Gasteiger charge is 2.85. The number of hydrogen-bond acceptors (Lipinski definition) is 8. The minimum Gasteiger partial charge on any atom is -0.469 e. The summed E-state index contributed by atoms with van der Waals surface area (Å²) in [5.74, 6) is -3.30. The van der Waals surface area contributed by atoms with Crippen molar-refractivity contribution in [1.29, 1.82) is 0 Å². The molecule has 2 aliphatic heterocycles. The average molecular weight is 491 g/mol. The molecule has 1 spiro atoms. The van der Waals surface area contributed by atoms with E-state index in [1.807, 2.05) is 0 Å². The molecule has 3 unspecified atom stereocenters. The van der Waals surface area contributed by atoms with E-state index < -0.39 is 77.0 Å². The second-order valence-electron chi connectivity index (χ2n) is 11.6. The van der Waals surface area contributed by atoms with Crippen LogP contribution in [0.1, 0.15) is 74.3 Å². The Hall–Kier alpha value is -1.93. The van der Waals surface area contributed by atoms with Gasteiger partial charge in [-0.15, -0.1) is 0 Å². The molecule has 4 bridgehead atoms. The van der Waals surface area contributed by atoms with Gasteiger partial charge in [0.25, 0.3) is 0 Å². The van der Waals surface area contributed by atoms with E-state index >= 15 is 0 Å². The van der Waals surface area contributed by atoms with Gasteiger partial charge in [0, 0.05) is 28.1 Å². The van der Waals surface area contributed by atoms with Crippen LogP contribution < -0.4 is 0 Å². The third kappa shape index (κ3) is 2.84. The van der Waals surface area contributed by atoms with E-state index in [-0.39, 0.29) is 5.92 Å². The molecule has 4 saturated carbocycles. The number of esters is 3. The van der Waals surface area contributed by atoms with Crippen LogP contribution in [0.25, 0.3) is 0 Å². The number of carbonyl (C=O) groups is 3. The third-order valence-corrected chi connectivity index (χ3v) is 10.0. The average Bonchev–Trinajstić information content (AvgIpc) is 3.32. The van der Waals surface area contributed by atoms with Crippen LogP contribution in [0.5, 0.6) is 0 Å². The minimum absolute atomic E-state index is 0.362. The fourth-order valence-electron chi connectivity index (χ4n) is 8.81. The van der Waals surface area contributed by atoms with Gasteiger partial charge in [0.05, 0.1) is 24.5 Å². The lowest BCUT2D eigenvalue weighted by Gasteiger charge is -2.47. The Morgan fingerprint density at radius 1 is 1.26 bits per heavy atom. The fourth-order valence-corrected chi connectivity index (χ4v) is 8.81. The van der Waals surface area contributed by atoms with Crippen LogP contribution in [0, 0.1) is 28.6 Å². The number of fused-ring (bicyclic) bond motifs is 1. The minimum atomic E-state index is -1.34. The highest BCUT2D eigenvalue weighted by molar-refractivity contribution is 5.86. The van der Waals surface area contributed by atoms with Gasteiger partial charge in [-0.25, -0.2) is 0 Å². The van der Waals surface area contributed by atoms with E-state index in [2.05, 4.69) is 6.58 Å². The van der Waals surface area contributed by atoms with E-state index in [4.69, 9.17) is 25.1 Å². The lowest BCUT2D eigenvalue weighted by atomic mass is 9.59. The number of ether oxygens (including phenoxy) is 5. The molecule has 8 nitrogen and oxygen atoms in total. The highest BCUT2D eigenvalue weighted by atomic mass is 16.7. The van der Waals surface area contributed by atoms with Crippen molar-refractivity contribution in [3.05, 3.63) is 12.2 Å². The quantitative estimate of drug-likeness (QED) is 0.336. The topological polar surface area (TPSA) is 97.4 Å². The van der Waals surface area contributed by atoms with Crippen LogP contribution in [0.15, 0.2) is 12.2 Å². The van der Waals surface area contributed by atoms with Gasteiger partial charge in [0.2, 0.25) is 0 Å². The van der Waals surface area contributed by atoms with Crippen molar-refractivity contribution in [3.8, 4) is 0 Å².